The molecule has 0 saturated heterocycles. The Bertz CT molecular complexity index is 332. The Morgan fingerprint density at radius 1 is 1.25 bits per heavy atom. The molecule has 0 bridgehead atoms. The summed E-state index contributed by atoms with van der Waals surface area (Å²) in [5.41, 5.74) is 1.94. The topological polar surface area (TPSA) is 37.8 Å². The lowest BCUT2D eigenvalue weighted by molar-refractivity contribution is 0.436. The molecule has 0 spiro atoms. The smallest absolute Gasteiger partial charge is 0.147 e. The van der Waals surface area contributed by atoms with Crippen LogP contribution in [0.1, 0.15) is 45.0 Å². The highest BCUT2D eigenvalue weighted by Crippen LogP contribution is 2.18. The lowest BCUT2D eigenvalue weighted by atomic mass is 9.95. The molecule has 16 heavy (non-hydrogen) atoms. The van der Waals surface area contributed by atoms with Gasteiger partial charge in [-0.25, -0.2) is 4.98 Å². The Hall–Kier alpha value is -1.12. The van der Waals surface area contributed by atoms with Crippen LogP contribution >= 0.6 is 0 Å². The van der Waals surface area contributed by atoms with E-state index in [9.17, 15) is 0 Å². The van der Waals surface area contributed by atoms with Crippen LogP contribution in [-0.2, 0) is 0 Å². The first kappa shape index (κ1) is 12.9. The molecule has 0 aliphatic heterocycles. The second-order valence-corrected chi connectivity index (χ2v) is 4.45. The van der Waals surface area contributed by atoms with Crippen molar-refractivity contribution in [3.05, 3.63) is 17.6 Å². The maximum Gasteiger partial charge on any atom is 0.147 e. The number of aryl methyl sites for hydroxylation is 2. The summed E-state index contributed by atoms with van der Waals surface area (Å²) in [6.07, 6.45) is 4.20. The highest BCUT2D eigenvalue weighted by molar-refractivity contribution is 5.40. The molecular formula is C13H23N3. The summed E-state index contributed by atoms with van der Waals surface area (Å²) in [5, 5.41) is 3.48. The molecule has 1 aromatic heterocycles. The first-order chi connectivity index (χ1) is 7.58. The second kappa shape index (κ2) is 5.83. The van der Waals surface area contributed by atoms with Gasteiger partial charge in [0.05, 0.1) is 11.4 Å². The third-order valence-corrected chi connectivity index (χ3v) is 3.20. The highest BCUT2D eigenvalue weighted by atomic mass is 15.0. The molecule has 0 aromatic carbocycles. The molecular weight excluding hydrogens is 198 g/mol. The van der Waals surface area contributed by atoms with Gasteiger partial charge in [0.1, 0.15) is 5.82 Å². The van der Waals surface area contributed by atoms with E-state index in [2.05, 4.69) is 36.1 Å². The maximum atomic E-state index is 4.49. The zero-order chi connectivity index (χ0) is 12.1. The van der Waals surface area contributed by atoms with E-state index < -0.39 is 0 Å². The number of hydrogen-bond acceptors (Lipinski definition) is 3. The third kappa shape index (κ3) is 3.19. The summed E-state index contributed by atoms with van der Waals surface area (Å²) < 4.78 is 0. The molecule has 1 rings (SSSR count). The summed E-state index contributed by atoms with van der Waals surface area (Å²) in [6, 6.07) is 0.449. The summed E-state index contributed by atoms with van der Waals surface area (Å²) in [4.78, 5) is 8.81. The lowest BCUT2D eigenvalue weighted by Gasteiger charge is -2.23. The van der Waals surface area contributed by atoms with Crippen molar-refractivity contribution in [3.63, 3.8) is 0 Å². The van der Waals surface area contributed by atoms with Crippen molar-refractivity contribution in [3.8, 4) is 0 Å². The molecule has 1 N–H and O–H groups in total. The average molecular weight is 221 g/mol. The van der Waals surface area contributed by atoms with Crippen LogP contribution in [0.2, 0.25) is 0 Å². The Balaban J connectivity index is 2.75. The summed E-state index contributed by atoms with van der Waals surface area (Å²) >= 11 is 0. The van der Waals surface area contributed by atoms with Crippen LogP contribution < -0.4 is 5.32 Å². The van der Waals surface area contributed by atoms with Gasteiger partial charge < -0.3 is 5.32 Å². The predicted molar refractivity (Wildman–Crippen MR) is 68.7 cm³/mol. The quantitative estimate of drug-likeness (QED) is 0.828. The van der Waals surface area contributed by atoms with Gasteiger partial charge in [0.15, 0.2) is 0 Å². The summed E-state index contributed by atoms with van der Waals surface area (Å²) in [5.74, 6) is 1.63. The maximum absolute atomic E-state index is 4.49. The normalized spacial score (nSPS) is 12.9. The molecule has 3 heteroatoms. The molecule has 3 nitrogen and oxygen atoms in total. The molecule has 1 unspecified atom stereocenters. The average Bonchev–Trinajstić information content (AvgIpc) is 2.25. The van der Waals surface area contributed by atoms with Crippen LogP contribution in [0, 0.1) is 19.8 Å². The Labute approximate surface area is 98.7 Å². The molecule has 0 amide bonds. The summed E-state index contributed by atoms with van der Waals surface area (Å²) in [6.45, 7) is 10.7. The van der Waals surface area contributed by atoms with Crippen LogP contribution in [-0.4, -0.2) is 16.0 Å². The van der Waals surface area contributed by atoms with Gasteiger partial charge >= 0.3 is 0 Å². The van der Waals surface area contributed by atoms with Crippen LogP contribution in [0.5, 0.6) is 0 Å². The minimum Gasteiger partial charge on any atom is -0.366 e. The highest BCUT2D eigenvalue weighted by Gasteiger charge is 2.14. The molecule has 1 atom stereocenters. The van der Waals surface area contributed by atoms with Gasteiger partial charge in [-0.3, -0.25) is 4.98 Å². The molecule has 0 aliphatic carbocycles. The first-order valence-corrected chi connectivity index (χ1v) is 6.15. The van der Waals surface area contributed by atoms with E-state index >= 15 is 0 Å². The Morgan fingerprint density at radius 3 is 2.44 bits per heavy atom. The molecule has 0 saturated carbocycles. The fraction of sp³-hybridized carbons (Fsp3) is 0.692. The molecule has 0 radical (unpaired) electrons. The van der Waals surface area contributed by atoms with E-state index in [1.54, 1.807) is 0 Å². The first-order valence-electron chi connectivity index (χ1n) is 6.15. The van der Waals surface area contributed by atoms with Gasteiger partial charge in [-0.1, -0.05) is 26.7 Å². The number of hydrogen-bond donors (Lipinski definition) is 1. The van der Waals surface area contributed by atoms with Crippen molar-refractivity contribution in [1.29, 1.82) is 0 Å². The monoisotopic (exact) mass is 221 g/mol. The van der Waals surface area contributed by atoms with Crippen molar-refractivity contribution in [2.24, 2.45) is 5.92 Å². The molecule has 0 aliphatic rings. The second-order valence-electron chi connectivity index (χ2n) is 4.45. The zero-order valence-corrected chi connectivity index (χ0v) is 11.0. The van der Waals surface area contributed by atoms with Crippen molar-refractivity contribution in [2.75, 3.05) is 5.32 Å². The van der Waals surface area contributed by atoms with Crippen molar-refractivity contribution in [2.45, 2.75) is 53.5 Å². The van der Waals surface area contributed by atoms with Crippen molar-refractivity contribution in [1.82, 2.24) is 9.97 Å². The van der Waals surface area contributed by atoms with E-state index in [0.29, 0.717) is 12.0 Å². The summed E-state index contributed by atoms with van der Waals surface area (Å²) in [7, 11) is 0. The number of nitrogens with zero attached hydrogens (tertiary/aromatic N) is 2. The SMILES string of the molecule is CCC(CC)C(C)Nc1nc(C)cnc1C. The van der Waals surface area contributed by atoms with Crippen LogP contribution in [0.4, 0.5) is 5.82 Å². The minimum absolute atomic E-state index is 0.449. The fourth-order valence-corrected chi connectivity index (χ4v) is 2.00. The largest absolute Gasteiger partial charge is 0.366 e. The molecule has 1 aromatic rings. The molecule has 0 fully saturated rings. The number of anilines is 1. The van der Waals surface area contributed by atoms with Gasteiger partial charge in [-0.15, -0.1) is 0 Å². The van der Waals surface area contributed by atoms with Crippen molar-refractivity contribution < 1.29 is 0 Å². The van der Waals surface area contributed by atoms with E-state index in [4.69, 9.17) is 0 Å². The molecule has 1 heterocycles. The van der Waals surface area contributed by atoms with E-state index in [0.717, 1.165) is 17.2 Å². The third-order valence-electron chi connectivity index (χ3n) is 3.20. The number of aromatic nitrogens is 2. The lowest BCUT2D eigenvalue weighted by Crippen LogP contribution is -2.26. The van der Waals surface area contributed by atoms with Crippen LogP contribution in [0.3, 0.4) is 0 Å². The van der Waals surface area contributed by atoms with E-state index in [1.807, 2.05) is 20.0 Å². The van der Waals surface area contributed by atoms with Crippen LogP contribution in [0.15, 0.2) is 6.20 Å². The predicted octanol–water partition coefficient (Wildman–Crippen LogP) is 3.33. The Morgan fingerprint density at radius 2 is 1.88 bits per heavy atom. The van der Waals surface area contributed by atoms with Gasteiger partial charge in [0.2, 0.25) is 0 Å². The number of nitrogens with one attached hydrogen (secondary N) is 1. The van der Waals surface area contributed by atoms with Crippen molar-refractivity contribution >= 4 is 5.82 Å². The minimum atomic E-state index is 0.449. The van der Waals surface area contributed by atoms with Gasteiger partial charge in [-0.05, 0) is 26.7 Å². The zero-order valence-electron chi connectivity index (χ0n) is 11.0. The number of rotatable bonds is 5. The van der Waals surface area contributed by atoms with Crippen LogP contribution in [0.25, 0.3) is 0 Å². The van der Waals surface area contributed by atoms with Gasteiger partial charge in [0, 0.05) is 12.2 Å². The Kier molecular flexibility index (Phi) is 4.71. The van der Waals surface area contributed by atoms with E-state index in [-0.39, 0.29) is 0 Å². The standard InChI is InChI=1S/C13H23N3/c1-6-12(7-2)10(4)16-13-11(5)14-8-9(3)15-13/h8,10,12H,6-7H2,1-5H3,(H,15,16). The molecule has 90 valence electrons. The van der Waals surface area contributed by atoms with Gasteiger partial charge in [-0.2, -0.15) is 0 Å². The van der Waals surface area contributed by atoms with Gasteiger partial charge in [0.25, 0.3) is 0 Å². The van der Waals surface area contributed by atoms with E-state index in [1.165, 1.54) is 12.8 Å². The fourth-order valence-electron chi connectivity index (χ4n) is 2.00.